The first-order chi connectivity index (χ1) is 14.7. The fourth-order valence-corrected chi connectivity index (χ4v) is 2.62. The van der Waals surface area contributed by atoms with Gasteiger partial charge in [-0.3, -0.25) is 19.2 Å². The third kappa shape index (κ3) is 5.32. The van der Waals surface area contributed by atoms with E-state index < -0.39 is 40.5 Å². The lowest BCUT2D eigenvalue weighted by molar-refractivity contribution is 0.0923. The van der Waals surface area contributed by atoms with Crippen molar-refractivity contribution in [1.82, 2.24) is 20.5 Å². The zero-order valence-electron chi connectivity index (χ0n) is 17.1. The zero-order valence-corrected chi connectivity index (χ0v) is 17.1. The van der Waals surface area contributed by atoms with Gasteiger partial charge in [-0.1, -0.05) is 6.92 Å². The lowest BCUT2D eigenvalue weighted by Gasteiger charge is -2.12. The Morgan fingerprint density at radius 2 is 1.19 bits per heavy atom. The molecule has 0 bridgehead atoms. The van der Waals surface area contributed by atoms with Crippen molar-refractivity contribution in [3.63, 3.8) is 0 Å². The molecule has 1 heterocycles. The molecule has 1 aromatic carbocycles. The number of aromatic hydroxyl groups is 3. The van der Waals surface area contributed by atoms with Crippen LogP contribution < -0.4 is 21.5 Å². The number of phenols is 2. The standard InChI is InChI=1S/C20H24N4O7/c1-3-7-21-17(28)11-4-5-12(15(26)14(11)25)18(29)22-8-9-23-19(30)13-6-10-24(2)20(31)16(13)27/h4-6,10,25-27H,3,7-9H2,1-2H3,(H,21,28)(H,22,29)(H,23,30). The number of hydrogen-bond acceptors (Lipinski definition) is 7. The number of amides is 3. The molecule has 2 aromatic rings. The molecule has 0 aliphatic rings. The molecule has 11 nitrogen and oxygen atoms in total. The van der Waals surface area contributed by atoms with Gasteiger partial charge in [0, 0.05) is 32.9 Å². The van der Waals surface area contributed by atoms with Crippen LogP contribution in [0.25, 0.3) is 0 Å². The first-order valence-corrected chi connectivity index (χ1v) is 9.47. The number of nitrogens with zero attached hydrogens (tertiary/aromatic N) is 1. The number of aryl methyl sites for hydroxylation is 1. The minimum atomic E-state index is -0.740. The Kier molecular flexibility index (Phi) is 7.61. The van der Waals surface area contributed by atoms with Gasteiger partial charge in [0.15, 0.2) is 17.2 Å². The van der Waals surface area contributed by atoms with E-state index in [2.05, 4.69) is 16.0 Å². The quantitative estimate of drug-likeness (QED) is 0.248. The van der Waals surface area contributed by atoms with Crippen LogP contribution in [0.3, 0.4) is 0 Å². The molecule has 0 aliphatic carbocycles. The molecule has 166 valence electrons. The average molecular weight is 432 g/mol. The smallest absolute Gasteiger partial charge is 0.293 e. The van der Waals surface area contributed by atoms with Gasteiger partial charge in [0.25, 0.3) is 23.3 Å². The lowest BCUT2D eigenvalue weighted by atomic mass is 10.1. The summed E-state index contributed by atoms with van der Waals surface area (Å²) in [4.78, 5) is 47.9. The number of rotatable bonds is 8. The highest BCUT2D eigenvalue weighted by Crippen LogP contribution is 2.32. The van der Waals surface area contributed by atoms with Crippen LogP contribution in [-0.4, -0.2) is 57.2 Å². The molecule has 6 N–H and O–H groups in total. The van der Waals surface area contributed by atoms with Crippen molar-refractivity contribution < 1.29 is 29.7 Å². The van der Waals surface area contributed by atoms with E-state index in [1.165, 1.54) is 31.4 Å². The van der Waals surface area contributed by atoms with Crippen LogP contribution in [0.5, 0.6) is 17.2 Å². The van der Waals surface area contributed by atoms with Crippen molar-refractivity contribution in [3.05, 3.63) is 51.4 Å². The maximum absolute atomic E-state index is 12.2. The van der Waals surface area contributed by atoms with E-state index >= 15 is 0 Å². The predicted molar refractivity (Wildman–Crippen MR) is 110 cm³/mol. The second-order valence-electron chi connectivity index (χ2n) is 6.62. The Bertz CT molecular complexity index is 1060. The predicted octanol–water partition coefficient (Wildman–Crippen LogP) is -0.198. The molecule has 0 saturated heterocycles. The number of pyridine rings is 1. The van der Waals surface area contributed by atoms with Crippen LogP contribution in [0.4, 0.5) is 0 Å². The molecular formula is C20H24N4O7. The Morgan fingerprint density at radius 3 is 1.65 bits per heavy atom. The van der Waals surface area contributed by atoms with Gasteiger partial charge in [-0.25, -0.2) is 0 Å². The van der Waals surface area contributed by atoms with E-state index in [-0.39, 0.29) is 29.8 Å². The number of hydrogen-bond donors (Lipinski definition) is 6. The summed E-state index contributed by atoms with van der Waals surface area (Å²) in [5.74, 6) is -4.16. The maximum Gasteiger partial charge on any atom is 0.293 e. The Balaban J connectivity index is 1.95. The van der Waals surface area contributed by atoms with E-state index in [4.69, 9.17) is 0 Å². The number of carbonyl (C=O) groups is 3. The van der Waals surface area contributed by atoms with Gasteiger partial charge in [-0.15, -0.1) is 0 Å². The number of nitrogens with one attached hydrogen (secondary N) is 3. The van der Waals surface area contributed by atoms with Crippen LogP contribution in [0, 0.1) is 0 Å². The van der Waals surface area contributed by atoms with Crippen molar-refractivity contribution in [2.24, 2.45) is 7.05 Å². The van der Waals surface area contributed by atoms with Gasteiger partial charge in [0.05, 0.1) is 16.7 Å². The second-order valence-corrected chi connectivity index (χ2v) is 6.62. The average Bonchev–Trinajstić information content (AvgIpc) is 2.74. The molecule has 11 heteroatoms. The number of carbonyl (C=O) groups excluding carboxylic acids is 3. The molecular weight excluding hydrogens is 408 g/mol. The normalized spacial score (nSPS) is 10.4. The van der Waals surface area contributed by atoms with Crippen molar-refractivity contribution in [3.8, 4) is 17.2 Å². The summed E-state index contributed by atoms with van der Waals surface area (Å²) in [7, 11) is 1.43. The van der Waals surface area contributed by atoms with E-state index in [1.54, 1.807) is 0 Å². The minimum absolute atomic E-state index is 0.0382. The van der Waals surface area contributed by atoms with Gasteiger partial charge in [-0.05, 0) is 24.6 Å². The van der Waals surface area contributed by atoms with Crippen LogP contribution in [0.15, 0.2) is 29.2 Å². The number of aromatic nitrogens is 1. The van der Waals surface area contributed by atoms with Gasteiger partial charge >= 0.3 is 0 Å². The Hall–Kier alpha value is -4.02. The first kappa shape index (κ1) is 23.3. The van der Waals surface area contributed by atoms with E-state index in [0.717, 1.165) is 4.57 Å². The second kappa shape index (κ2) is 10.1. The largest absolute Gasteiger partial charge is 0.504 e. The Labute approximate surface area is 177 Å². The highest BCUT2D eigenvalue weighted by molar-refractivity contribution is 6.03. The van der Waals surface area contributed by atoms with Crippen molar-refractivity contribution in [2.45, 2.75) is 13.3 Å². The number of benzene rings is 1. The fraction of sp³-hybridized carbons (Fsp3) is 0.300. The van der Waals surface area contributed by atoms with Crippen molar-refractivity contribution in [1.29, 1.82) is 0 Å². The molecule has 31 heavy (non-hydrogen) atoms. The topological polar surface area (TPSA) is 170 Å². The Morgan fingerprint density at radius 1 is 0.774 bits per heavy atom. The van der Waals surface area contributed by atoms with E-state index in [9.17, 15) is 34.5 Å². The molecule has 1 aromatic heterocycles. The summed E-state index contributed by atoms with van der Waals surface area (Å²) in [5.41, 5.74) is -1.33. The van der Waals surface area contributed by atoms with E-state index in [1.807, 2.05) is 6.92 Å². The summed E-state index contributed by atoms with van der Waals surface area (Å²) < 4.78 is 1.12. The fourth-order valence-electron chi connectivity index (χ4n) is 2.62. The molecule has 3 amide bonds. The molecule has 0 saturated carbocycles. The van der Waals surface area contributed by atoms with Gasteiger partial charge in [-0.2, -0.15) is 0 Å². The third-order valence-electron chi connectivity index (χ3n) is 4.36. The highest BCUT2D eigenvalue weighted by Gasteiger charge is 2.21. The van der Waals surface area contributed by atoms with E-state index in [0.29, 0.717) is 13.0 Å². The van der Waals surface area contributed by atoms with Crippen molar-refractivity contribution >= 4 is 17.7 Å². The molecule has 0 radical (unpaired) electrons. The molecule has 0 atom stereocenters. The molecule has 2 rings (SSSR count). The van der Waals surface area contributed by atoms with Crippen molar-refractivity contribution in [2.75, 3.05) is 19.6 Å². The summed E-state index contributed by atoms with van der Waals surface area (Å²) in [5, 5.41) is 37.3. The summed E-state index contributed by atoms with van der Waals surface area (Å²) in [6, 6.07) is 3.70. The molecule has 0 aliphatic heterocycles. The molecule has 0 spiro atoms. The molecule has 0 fully saturated rings. The summed E-state index contributed by atoms with van der Waals surface area (Å²) in [6.45, 7) is 2.16. The maximum atomic E-state index is 12.2. The van der Waals surface area contributed by atoms with Crippen LogP contribution in [0.1, 0.15) is 44.4 Å². The summed E-state index contributed by atoms with van der Waals surface area (Å²) in [6.07, 6.45) is 2.02. The first-order valence-electron chi connectivity index (χ1n) is 9.47. The monoisotopic (exact) mass is 432 g/mol. The minimum Gasteiger partial charge on any atom is -0.504 e. The van der Waals surface area contributed by atoms with Gasteiger partial charge in [0.1, 0.15) is 0 Å². The van der Waals surface area contributed by atoms with Gasteiger partial charge < -0.3 is 35.8 Å². The van der Waals surface area contributed by atoms with Crippen LogP contribution in [-0.2, 0) is 7.05 Å². The zero-order chi connectivity index (χ0) is 23.1. The highest BCUT2D eigenvalue weighted by atomic mass is 16.3. The molecule has 0 unspecified atom stereocenters. The lowest BCUT2D eigenvalue weighted by Crippen LogP contribution is -2.35. The number of phenolic OH excluding ortho intramolecular Hbond substituents is 2. The van der Waals surface area contributed by atoms with Gasteiger partial charge in [0.2, 0.25) is 0 Å². The van der Waals surface area contributed by atoms with Crippen LogP contribution in [0.2, 0.25) is 0 Å². The summed E-state index contributed by atoms with van der Waals surface area (Å²) >= 11 is 0. The third-order valence-corrected chi connectivity index (χ3v) is 4.36. The van der Waals surface area contributed by atoms with Crippen LogP contribution >= 0.6 is 0 Å². The SMILES string of the molecule is CCCNC(=O)c1ccc(C(=O)NCCNC(=O)c2ccn(C)c(=O)c2O)c(O)c1O.